The molecule has 2 unspecified atom stereocenters. The minimum absolute atomic E-state index is 0.00427. The number of H-pyrrole nitrogens is 2. The van der Waals surface area contributed by atoms with E-state index in [1.165, 1.54) is 6.20 Å². The van der Waals surface area contributed by atoms with Crippen LogP contribution in [0.4, 0.5) is 4.39 Å². The summed E-state index contributed by atoms with van der Waals surface area (Å²) in [5, 5.41) is 4.34. The van der Waals surface area contributed by atoms with Gasteiger partial charge in [0.1, 0.15) is 0 Å². The molecule has 3 aromatic heterocycles. The highest BCUT2D eigenvalue weighted by Gasteiger charge is 2.40. The van der Waals surface area contributed by atoms with Crippen molar-refractivity contribution in [3.63, 3.8) is 0 Å². The Morgan fingerprint density at radius 3 is 3.00 bits per heavy atom. The van der Waals surface area contributed by atoms with Gasteiger partial charge in [-0.15, -0.1) is 0 Å². The Hall–Kier alpha value is -2.77. The molecule has 0 saturated heterocycles. The van der Waals surface area contributed by atoms with E-state index in [1.807, 2.05) is 0 Å². The summed E-state index contributed by atoms with van der Waals surface area (Å²) in [4.78, 5) is 31.9. The molecule has 4 rings (SSSR count). The molecule has 1 aliphatic carbocycles. The Morgan fingerprint density at radius 1 is 1.41 bits per heavy atom. The Morgan fingerprint density at radius 2 is 2.27 bits per heavy atom. The van der Waals surface area contributed by atoms with Crippen LogP contribution in [0.25, 0.3) is 16.9 Å². The molecule has 1 fully saturated rings. The van der Waals surface area contributed by atoms with Crippen molar-refractivity contribution in [3.8, 4) is 11.3 Å². The predicted molar refractivity (Wildman–Crippen MR) is 76.5 cm³/mol. The summed E-state index contributed by atoms with van der Waals surface area (Å²) in [6, 6.07) is 1.76. The maximum absolute atomic E-state index is 12.8. The van der Waals surface area contributed by atoms with E-state index in [1.54, 1.807) is 23.0 Å². The third-order valence-electron chi connectivity index (χ3n) is 4.00. The molecule has 2 atom stereocenters. The maximum atomic E-state index is 12.8. The molecule has 0 amide bonds. The molecular formula is C14H12FN5O2. The minimum atomic E-state index is -0.572. The van der Waals surface area contributed by atoms with Gasteiger partial charge >= 0.3 is 5.69 Å². The van der Waals surface area contributed by atoms with Gasteiger partial charge in [0.25, 0.3) is 5.56 Å². The van der Waals surface area contributed by atoms with E-state index < -0.39 is 11.2 Å². The van der Waals surface area contributed by atoms with Crippen molar-refractivity contribution in [2.75, 3.05) is 6.67 Å². The lowest BCUT2D eigenvalue weighted by molar-refractivity contribution is 0.452. The van der Waals surface area contributed by atoms with Gasteiger partial charge in [-0.2, -0.15) is 5.10 Å². The first-order valence-corrected chi connectivity index (χ1v) is 6.90. The van der Waals surface area contributed by atoms with Crippen molar-refractivity contribution < 1.29 is 4.39 Å². The summed E-state index contributed by atoms with van der Waals surface area (Å²) in [7, 11) is 0. The highest BCUT2D eigenvalue weighted by atomic mass is 19.1. The predicted octanol–water partition coefficient (Wildman–Crippen LogP) is 0.846. The summed E-state index contributed by atoms with van der Waals surface area (Å²) in [5.74, 6) is 0.100. The van der Waals surface area contributed by atoms with Gasteiger partial charge in [0.2, 0.25) is 0 Å². The molecule has 3 aromatic rings. The van der Waals surface area contributed by atoms with Gasteiger partial charge in [-0.25, -0.2) is 14.3 Å². The first kappa shape index (κ1) is 12.9. The topological polar surface area (TPSA) is 95.9 Å². The number of aromatic amines is 2. The van der Waals surface area contributed by atoms with Crippen LogP contribution in [0.5, 0.6) is 0 Å². The number of hydrogen-bond acceptors (Lipinski definition) is 4. The van der Waals surface area contributed by atoms with Crippen molar-refractivity contribution in [2.24, 2.45) is 5.92 Å². The third kappa shape index (κ3) is 1.95. The normalized spacial score (nSPS) is 20.4. The quantitative estimate of drug-likeness (QED) is 0.749. The van der Waals surface area contributed by atoms with Crippen molar-refractivity contribution in [2.45, 2.75) is 12.3 Å². The Kier molecular flexibility index (Phi) is 2.72. The highest BCUT2D eigenvalue weighted by molar-refractivity contribution is 5.62. The van der Waals surface area contributed by atoms with Crippen LogP contribution in [0.3, 0.4) is 0 Å². The fraction of sp³-hybridized carbons (Fsp3) is 0.286. The van der Waals surface area contributed by atoms with Crippen LogP contribution < -0.4 is 11.2 Å². The standard InChI is InChI=1S/C14H12FN5O2/c15-5-7-3-8(7)9-4-11(19-20-2-1-16-12(9)20)10-6-17-14(22)18-13(10)21/h1-2,4,6-8H,3,5H2,(H2,17,18,21,22). The van der Waals surface area contributed by atoms with Crippen molar-refractivity contribution >= 4 is 5.65 Å². The smallest absolute Gasteiger partial charge is 0.313 e. The number of hydrogen-bond donors (Lipinski definition) is 2. The van der Waals surface area contributed by atoms with Crippen LogP contribution in [-0.2, 0) is 0 Å². The second-order valence-corrected chi connectivity index (χ2v) is 5.42. The zero-order valence-corrected chi connectivity index (χ0v) is 11.4. The molecular weight excluding hydrogens is 289 g/mol. The van der Waals surface area contributed by atoms with Crippen molar-refractivity contribution in [1.29, 1.82) is 0 Å². The van der Waals surface area contributed by atoms with Gasteiger partial charge in [-0.1, -0.05) is 0 Å². The maximum Gasteiger partial charge on any atom is 0.325 e. The van der Waals surface area contributed by atoms with E-state index in [-0.39, 0.29) is 24.1 Å². The van der Waals surface area contributed by atoms with Crippen molar-refractivity contribution in [3.05, 3.63) is 51.1 Å². The molecule has 1 aliphatic rings. The molecule has 1 saturated carbocycles. The zero-order valence-electron chi connectivity index (χ0n) is 11.4. The average Bonchev–Trinajstić information content (AvgIpc) is 3.14. The fourth-order valence-electron chi connectivity index (χ4n) is 2.74. The van der Waals surface area contributed by atoms with Gasteiger partial charge in [0.15, 0.2) is 5.65 Å². The first-order valence-electron chi connectivity index (χ1n) is 6.90. The van der Waals surface area contributed by atoms with Gasteiger partial charge in [0, 0.05) is 24.2 Å². The summed E-state index contributed by atoms with van der Waals surface area (Å²) in [6.45, 7) is -0.367. The number of aromatic nitrogens is 5. The van der Waals surface area contributed by atoms with E-state index in [0.29, 0.717) is 11.3 Å². The molecule has 2 N–H and O–H groups in total. The van der Waals surface area contributed by atoms with Crippen LogP contribution in [0, 0.1) is 5.92 Å². The van der Waals surface area contributed by atoms with E-state index in [4.69, 9.17) is 0 Å². The summed E-state index contributed by atoms with van der Waals surface area (Å²) >= 11 is 0. The number of rotatable bonds is 3. The molecule has 22 heavy (non-hydrogen) atoms. The van der Waals surface area contributed by atoms with Gasteiger partial charge in [-0.05, 0) is 24.3 Å². The number of nitrogens with zero attached hydrogens (tertiary/aromatic N) is 3. The van der Waals surface area contributed by atoms with Gasteiger partial charge in [0.05, 0.1) is 17.9 Å². The average molecular weight is 301 g/mol. The van der Waals surface area contributed by atoms with Crippen LogP contribution >= 0.6 is 0 Å². The third-order valence-corrected chi connectivity index (χ3v) is 4.00. The molecule has 8 heteroatoms. The van der Waals surface area contributed by atoms with Crippen LogP contribution in [-0.4, -0.2) is 31.2 Å². The number of alkyl halides is 1. The zero-order chi connectivity index (χ0) is 15.3. The molecule has 0 aliphatic heterocycles. The largest absolute Gasteiger partial charge is 0.325 e. The van der Waals surface area contributed by atoms with Crippen molar-refractivity contribution in [1.82, 2.24) is 24.6 Å². The lowest BCUT2D eigenvalue weighted by atomic mass is 10.1. The molecule has 0 radical (unpaired) electrons. The van der Waals surface area contributed by atoms with Crippen LogP contribution in [0.1, 0.15) is 17.9 Å². The summed E-state index contributed by atoms with van der Waals surface area (Å²) in [6.07, 6.45) is 5.38. The molecule has 7 nitrogen and oxygen atoms in total. The SMILES string of the molecule is O=c1[nH]cc(-c2cc(C3CC3CF)c3nccn3n2)c(=O)[nH]1. The molecule has 0 aromatic carbocycles. The summed E-state index contributed by atoms with van der Waals surface area (Å²) in [5.41, 5.74) is 1.14. The number of imidazole rings is 1. The van der Waals surface area contributed by atoms with E-state index >= 15 is 0 Å². The lowest BCUT2D eigenvalue weighted by Crippen LogP contribution is -2.23. The number of halogens is 1. The Labute approximate surface area is 122 Å². The van der Waals surface area contributed by atoms with E-state index in [9.17, 15) is 14.0 Å². The van der Waals surface area contributed by atoms with Crippen LogP contribution in [0.2, 0.25) is 0 Å². The monoisotopic (exact) mass is 301 g/mol. The first-order chi connectivity index (χ1) is 10.7. The highest BCUT2D eigenvalue weighted by Crippen LogP contribution is 2.49. The van der Waals surface area contributed by atoms with Crippen LogP contribution in [0.15, 0.2) is 34.2 Å². The molecule has 112 valence electrons. The lowest BCUT2D eigenvalue weighted by Gasteiger charge is -2.06. The van der Waals surface area contributed by atoms with E-state index in [0.717, 1.165) is 12.0 Å². The Balaban J connectivity index is 1.92. The molecule has 0 bridgehead atoms. The second-order valence-electron chi connectivity index (χ2n) is 5.42. The van der Waals surface area contributed by atoms with Gasteiger partial charge < -0.3 is 4.98 Å². The minimum Gasteiger partial charge on any atom is -0.313 e. The molecule has 0 spiro atoms. The fourth-order valence-corrected chi connectivity index (χ4v) is 2.74. The number of fused-ring (bicyclic) bond motifs is 1. The van der Waals surface area contributed by atoms with E-state index in [2.05, 4.69) is 20.1 Å². The Bertz CT molecular complexity index is 973. The second kappa shape index (κ2) is 4.62. The molecule has 3 heterocycles. The number of nitrogens with one attached hydrogen (secondary N) is 2. The van der Waals surface area contributed by atoms with Gasteiger partial charge in [-0.3, -0.25) is 14.2 Å². The summed E-state index contributed by atoms with van der Waals surface area (Å²) < 4.78 is 14.4.